The highest BCUT2D eigenvalue weighted by Crippen LogP contribution is 2.32. The number of ether oxygens (including phenoxy) is 2. The van der Waals surface area contributed by atoms with Crippen molar-refractivity contribution in [2.45, 2.75) is 18.0 Å². The summed E-state index contributed by atoms with van der Waals surface area (Å²) in [5.74, 6) is 1.47. The van der Waals surface area contributed by atoms with Crippen molar-refractivity contribution in [2.24, 2.45) is 0 Å². The monoisotopic (exact) mass is 346 g/mol. The molecule has 0 radical (unpaired) electrons. The van der Waals surface area contributed by atoms with Gasteiger partial charge in [0.15, 0.2) is 17.7 Å². The van der Waals surface area contributed by atoms with E-state index in [-0.39, 0.29) is 17.7 Å². The zero-order valence-electron chi connectivity index (χ0n) is 13.2. The standard InChI is InChI=1S/C17H18N2O4S/c1-12(13-5-6-14-15(10-13)23-9-8-22-14)18-16(20)11-24-17-4-2-3-7-19(17)21/h2-7,10,12H,8-9,11H2,1H3,(H,18,20)/t12-/m0/s1. The third-order valence-electron chi connectivity index (χ3n) is 3.58. The predicted molar refractivity (Wildman–Crippen MR) is 90.1 cm³/mol. The molecule has 0 fully saturated rings. The summed E-state index contributed by atoms with van der Waals surface area (Å²) in [5, 5.41) is 15.0. The van der Waals surface area contributed by atoms with E-state index in [1.807, 2.05) is 25.1 Å². The Morgan fingerprint density at radius 2 is 2.08 bits per heavy atom. The second-order valence-corrected chi connectivity index (χ2v) is 6.34. The van der Waals surface area contributed by atoms with Gasteiger partial charge in [0.1, 0.15) is 13.2 Å². The molecule has 1 atom stereocenters. The molecule has 2 aromatic rings. The summed E-state index contributed by atoms with van der Waals surface area (Å²) in [6, 6.07) is 10.6. The van der Waals surface area contributed by atoms with E-state index in [1.165, 1.54) is 18.0 Å². The van der Waals surface area contributed by atoms with E-state index in [1.54, 1.807) is 18.2 Å². The van der Waals surface area contributed by atoms with Gasteiger partial charge in [0.2, 0.25) is 5.91 Å². The van der Waals surface area contributed by atoms with Crippen LogP contribution in [0, 0.1) is 5.21 Å². The Hall–Kier alpha value is -2.41. The number of amides is 1. The summed E-state index contributed by atoms with van der Waals surface area (Å²) in [5.41, 5.74) is 0.941. The number of carbonyl (C=O) groups excluding carboxylic acids is 1. The van der Waals surface area contributed by atoms with E-state index in [0.717, 1.165) is 16.0 Å². The molecule has 1 amide bonds. The molecule has 1 N–H and O–H groups in total. The van der Waals surface area contributed by atoms with Crippen LogP contribution in [0.5, 0.6) is 11.5 Å². The molecule has 3 rings (SSSR count). The molecule has 24 heavy (non-hydrogen) atoms. The van der Waals surface area contributed by atoms with Crippen LogP contribution in [-0.2, 0) is 4.79 Å². The van der Waals surface area contributed by atoms with Crippen molar-refractivity contribution in [3.8, 4) is 11.5 Å². The lowest BCUT2D eigenvalue weighted by atomic mass is 10.1. The Balaban J connectivity index is 1.57. The zero-order valence-corrected chi connectivity index (χ0v) is 14.0. The molecule has 0 aliphatic carbocycles. The Bertz CT molecular complexity index is 738. The zero-order chi connectivity index (χ0) is 16.9. The first-order valence-corrected chi connectivity index (χ1v) is 8.62. The van der Waals surface area contributed by atoms with E-state index in [4.69, 9.17) is 9.47 Å². The van der Waals surface area contributed by atoms with Gasteiger partial charge in [-0.15, -0.1) is 0 Å². The summed E-state index contributed by atoms with van der Waals surface area (Å²) in [6.45, 7) is 2.99. The van der Waals surface area contributed by atoms with Gasteiger partial charge >= 0.3 is 0 Å². The average Bonchev–Trinajstić information content (AvgIpc) is 2.60. The third kappa shape index (κ3) is 3.91. The summed E-state index contributed by atoms with van der Waals surface area (Å²) >= 11 is 1.21. The number of hydrogen-bond donors (Lipinski definition) is 1. The number of nitrogens with zero attached hydrogens (tertiary/aromatic N) is 1. The van der Waals surface area contributed by atoms with Gasteiger partial charge in [-0.2, -0.15) is 4.73 Å². The Morgan fingerprint density at radius 3 is 2.88 bits per heavy atom. The molecule has 0 saturated heterocycles. The van der Waals surface area contributed by atoms with Crippen LogP contribution < -0.4 is 19.5 Å². The molecule has 2 heterocycles. The van der Waals surface area contributed by atoms with Crippen molar-refractivity contribution in [3.63, 3.8) is 0 Å². The third-order valence-corrected chi connectivity index (χ3v) is 4.60. The fraction of sp³-hybridized carbons (Fsp3) is 0.294. The number of nitrogens with one attached hydrogen (secondary N) is 1. The first-order valence-electron chi connectivity index (χ1n) is 7.63. The minimum absolute atomic E-state index is 0.133. The van der Waals surface area contributed by atoms with E-state index < -0.39 is 0 Å². The molecular weight excluding hydrogens is 328 g/mol. The van der Waals surface area contributed by atoms with Crippen LogP contribution in [0.1, 0.15) is 18.5 Å². The van der Waals surface area contributed by atoms with Crippen molar-refractivity contribution >= 4 is 17.7 Å². The van der Waals surface area contributed by atoms with Gasteiger partial charge in [0.05, 0.1) is 11.8 Å². The SMILES string of the molecule is C[C@H](NC(=O)CSc1cccc[n+]1[O-])c1ccc2c(c1)OCCO2. The quantitative estimate of drug-likeness (QED) is 0.510. The molecule has 6 nitrogen and oxygen atoms in total. The molecule has 7 heteroatoms. The highest BCUT2D eigenvalue weighted by Gasteiger charge is 2.16. The second-order valence-electron chi connectivity index (χ2n) is 5.35. The average molecular weight is 346 g/mol. The van der Waals surface area contributed by atoms with Crippen molar-refractivity contribution < 1.29 is 19.0 Å². The van der Waals surface area contributed by atoms with Crippen LogP contribution in [0.4, 0.5) is 0 Å². The minimum atomic E-state index is -0.163. The van der Waals surface area contributed by atoms with Gasteiger partial charge in [0, 0.05) is 12.1 Å². The maximum absolute atomic E-state index is 12.1. The Morgan fingerprint density at radius 1 is 1.29 bits per heavy atom. The van der Waals surface area contributed by atoms with Crippen LogP contribution in [0.15, 0.2) is 47.6 Å². The fourth-order valence-corrected chi connectivity index (χ4v) is 3.08. The topological polar surface area (TPSA) is 74.5 Å². The molecule has 1 aromatic carbocycles. The molecule has 0 bridgehead atoms. The number of carbonyl (C=O) groups is 1. The van der Waals surface area contributed by atoms with Crippen molar-refractivity contribution in [1.29, 1.82) is 0 Å². The number of fused-ring (bicyclic) bond motifs is 1. The number of aromatic nitrogens is 1. The van der Waals surface area contributed by atoms with E-state index in [0.29, 0.717) is 24.0 Å². The first kappa shape index (κ1) is 16.4. The molecule has 1 aromatic heterocycles. The Labute approximate surface area is 144 Å². The number of thioether (sulfide) groups is 1. The second kappa shape index (κ2) is 7.44. The summed E-state index contributed by atoms with van der Waals surface area (Å²) in [4.78, 5) is 12.1. The van der Waals surface area contributed by atoms with E-state index in [2.05, 4.69) is 5.32 Å². The largest absolute Gasteiger partial charge is 0.618 e. The highest BCUT2D eigenvalue weighted by molar-refractivity contribution is 7.99. The van der Waals surface area contributed by atoms with Crippen molar-refractivity contribution in [2.75, 3.05) is 19.0 Å². The van der Waals surface area contributed by atoms with Gasteiger partial charge in [-0.1, -0.05) is 6.07 Å². The molecule has 1 aliphatic heterocycles. The van der Waals surface area contributed by atoms with Crippen LogP contribution in [0.25, 0.3) is 0 Å². The van der Waals surface area contributed by atoms with Gasteiger partial charge < -0.3 is 20.0 Å². The smallest absolute Gasteiger partial charge is 0.251 e. The van der Waals surface area contributed by atoms with Gasteiger partial charge in [0.25, 0.3) is 5.03 Å². The summed E-state index contributed by atoms with van der Waals surface area (Å²) < 4.78 is 11.8. The number of hydrogen-bond acceptors (Lipinski definition) is 5. The van der Waals surface area contributed by atoms with Crippen LogP contribution >= 0.6 is 11.8 Å². The van der Waals surface area contributed by atoms with Gasteiger partial charge in [-0.25, -0.2) is 0 Å². The Kier molecular flexibility index (Phi) is 5.10. The van der Waals surface area contributed by atoms with E-state index >= 15 is 0 Å². The first-order chi connectivity index (χ1) is 11.6. The summed E-state index contributed by atoms with van der Waals surface area (Å²) in [6.07, 6.45) is 1.41. The van der Waals surface area contributed by atoms with Gasteiger partial charge in [-0.05, 0) is 42.4 Å². The van der Waals surface area contributed by atoms with E-state index in [9.17, 15) is 10.0 Å². The molecule has 0 saturated carbocycles. The normalized spacial score (nSPS) is 14.0. The molecule has 0 unspecified atom stereocenters. The maximum Gasteiger partial charge on any atom is 0.251 e. The molecule has 126 valence electrons. The minimum Gasteiger partial charge on any atom is -0.618 e. The van der Waals surface area contributed by atoms with Crippen molar-refractivity contribution in [3.05, 3.63) is 53.4 Å². The predicted octanol–water partition coefficient (Wildman–Crippen LogP) is 2.06. The number of rotatable bonds is 5. The fourth-order valence-electron chi connectivity index (χ4n) is 2.36. The molecule has 1 aliphatic rings. The van der Waals surface area contributed by atoms with Crippen LogP contribution in [0.2, 0.25) is 0 Å². The van der Waals surface area contributed by atoms with Crippen LogP contribution in [-0.4, -0.2) is 24.9 Å². The summed E-state index contributed by atoms with van der Waals surface area (Å²) in [7, 11) is 0. The van der Waals surface area contributed by atoms with Crippen molar-refractivity contribution in [1.82, 2.24) is 5.32 Å². The van der Waals surface area contributed by atoms with Crippen LogP contribution in [0.3, 0.4) is 0 Å². The highest BCUT2D eigenvalue weighted by atomic mass is 32.2. The lowest BCUT2D eigenvalue weighted by Gasteiger charge is -2.21. The lowest BCUT2D eigenvalue weighted by molar-refractivity contribution is -0.645. The lowest BCUT2D eigenvalue weighted by Crippen LogP contribution is -2.31. The molecule has 0 spiro atoms. The molecular formula is C17H18N2O4S. The number of benzene rings is 1. The van der Waals surface area contributed by atoms with Gasteiger partial charge in [-0.3, -0.25) is 4.79 Å². The number of pyridine rings is 1. The maximum atomic E-state index is 12.1.